The Morgan fingerprint density at radius 2 is 1.76 bits per heavy atom. The highest BCUT2D eigenvalue weighted by Gasteiger charge is 2.42. The molecule has 0 radical (unpaired) electrons. The van der Waals surface area contributed by atoms with Gasteiger partial charge >= 0.3 is 12.1 Å². The van der Waals surface area contributed by atoms with Crippen molar-refractivity contribution in [2.75, 3.05) is 13.1 Å². The van der Waals surface area contributed by atoms with Gasteiger partial charge in [0.05, 0.1) is 17.2 Å². The summed E-state index contributed by atoms with van der Waals surface area (Å²) in [5.41, 5.74) is 0.276. The van der Waals surface area contributed by atoms with Crippen LogP contribution >= 0.6 is 0 Å². The molecule has 3 aromatic rings. The summed E-state index contributed by atoms with van der Waals surface area (Å²) in [7, 11) is -3.15. The molecule has 0 amide bonds. The Hall–Kier alpha value is -4.23. The van der Waals surface area contributed by atoms with Crippen molar-refractivity contribution in [2.45, 2.75) is 56.6 Å². The maximum absolute atomic E-state index is 13.7. The molecule has 1 N–H and O–H groups in total. The number of aliphatic imine (C=N–C) groups is 1. The van der Waals surface area contributed by atoms with Gasteiger partial charge in [0.1, 0.15) is 23.7 Å². The molecule has 9 nitrogen and oxygen atoms in total. The van der Waals surface area contributed by atoms with Crippen molar-refractivity contribution in [1.82, 2.24) is 14.1 Å². The van der Waals surface area contributed by atoms with E-state index in [0.29, 0.717) is 35.3 Å². The number of carboxylic acids is 1. The number of aromatic nitrogens is 2. The molecular weight excluding hydrogens is 609 g/mol. The third kappa shape index (κ3) is 7.20. The Balaban J connectivity index is 1.29. The lowest BCUT2D eigenvalue weighted by Gasteiger charge is -2.31. The van der Waals surface area contributed by atoms with Gasteiger partial charge in [-0.1, -0.05) is 49.1 Å². The zero-order valence-corrected chi connectivity index (χ0v) is 25.4. The minimum absolute atomic E-state index is 0.191. The van der Waals surface area contributed by atoms with Crippen LogP contribution in [-0.4, -0.2) is 57.6 Å². The van der Waals surface area contributed by atoms with Crippen molar-refractivity contribution >= 4 is 27.5 Å². The lowest BCUT2D eigenvalue weighted by atomic mass is 9.90. The average molecular weight is 643 g/mol. The Bertz CT molecular complexity index is 1730. The third-order valence-electron chi connectivity index (χ3n) is 7.85. The van der Waals surface area contributed by atoms with Crippen LogP contribution in [0.2, 0.25) is 0 Å². The van der Waals surface area contributed by atoms with E-state index in [1.165, 1.54) is 0 Å². The maximum Gasteiger partial charge on any atom is 0.434 e. The van der Waals surface area contributed by atoms with Crippen LogP contribution < -0.4 is 4.74 Å². The summed E-state index contributed by atoms with van der Waals surface area (Å²) >= 11 is 0. The van der Waals surface area contributed by atoms with Crippen LogP contribution in [0.15, 0.2) is 78.5 Å². The molecule has 5 rings (SSSR count). The van der Waals surface area contributed by atoms with Crippen LogP contribution in [-0.2, 0) is 22.8 Å². The Labute approximate surface area is 259 Å². The second-order valence-electron chi connectivity index (χ2n) is 11.0. The molecule has 1 aromatic heterocycles. The van der Waals surface area contributed by atoms with Crippen molar-refractivity contribution in [3.8, 4) is 5.75 Å². The maximum atomic E-state index is 13.7. The molecule has 13 heteroatoms. The molecule has 0 unspecified atom stereocenters. The highest BCUT2D eigenvalue weighted by Crippen LogP contribution is 2.36. The summed E-state index contributed by atoms with van der Waals surface area (Å²) in [5.74, 6) is -1.49. The number of nitrogens with zero attached hydrogens (tertiary/aromatic N) is 4. The molecule has 0 spiro atoms. The molecule has 238 valence electrons. The summed E-state index contributed by atoms with van der Waals surface area (Å²) in [6.07, 6.45) is 1.92. The molecule has 1 saturated carbocycles. The van der Waals surface area contributed by atoms with E-state index in [2.05, 4.69) is 16.7 Å². The first-order chi connectivity index (χ1) is 21.4. The summed E-state index contributed by atoms with van der Waals surface area (Å²) in [6.45, 7) is 6.62. The fourth-order valence-electron chi connectivity index (χ4n) is 5.38. The minimum atomic E-state index is -5.01. The Morgan fingerprint density at radius 1 is 1.09 bits per heavy atom. The summed E-state index contributed by atoms with van der Waals surface area (Å²) in [6, 6.07) is 14.9. The van der Waals surface area contributed by atoms with E-state index in [1.807, 2.05) is 24.3 Å². The molecule has 45 heavy (non-hydrogen) atoms. The molecule has 1 aliphatic carbocycles. The quantitative estimate of drug-likeness (QED) is 0.244. The second kappa shape index (κ2) is 13.0. The predicted molar refractivity (Wildman–Crippen MR) is 164 cm³/mol. The number of aromatic carboxylic acids is 1. The largest absolute Gasteiger partial charge is 0.488 e. The van der Waals surface area contributed by atoms with Crippen LogP contribution in [0.4, 0.5) is 13.2 Å². The highest BCUT2D eigenvalue weighted by atomic mass is 32.2. The van der Waals surface area contributed by atoms with Gasteiger partial charge in [0.2, 0.25) is 10.0 Å². The number of sulfonamides is 1. The molecule has 2 aliphatic rings. The number of alkyl halides is 3. The van der Waals surface area contributed by atoms with E-state index in [-0.39, 0.29) is 23.5 Å². The number of piperidine rings is 1. The van der Waals surface area contributed by atoms with Gasteiger partial charge in [-0.15, -0.1) is 0 Å². The SMILES string of the molecule is C=C(N=C(/C=C\C)c1ccccc1OCc1ccc(C2CCN(S(=O)(=O)C3CC3)CC2)cc1)n1ncc(C(=O)O)c1C(F)(F)F. The van der Waals surface area contributed by atoms with Gasteiger partial charge in [-0.25, -0.2) is 27.2 Å². The molecule has 1 aliphatic heterocycles. The fourth-order valence-corrected chi connectivity index (χ4v) is 7.25. The minimum Gasteiger partial charge on any atom is -0.488 e. The molecular formula is C32H33F3N4O5S. The first kappa shape index (κ1) is 32.2. The number of hydrogen-bond donors (Lipinski definition) is 1. The van der Waals surface area contributed by atoms with Gasteiger partial charge in [-0.2, -0.15) is 18.3 Å². The third-order valence-corrected chi connectivity index (χ3v) is 10.3. The second-order valence-corrected chi connectivity index (χ2v) is 13.2. The molecule has 2 heterocycles. The standard InChI is InChI=1S/C32H33F3N4O5S/c1-3-6-28(37-21(2)39-30(32(33,34)35)27(19-36-39)31(40)41)26-7-4-5-8-29(26)44-20-22-9-11-23(12-10-22)24-15-17-38(18-16-24)45(42,43)25-13-14-25/h3-12,19,24-25H,2,13-18,20H2,1H3,(H,40,41)/b6-3-,37-28?. The van der Waals surface area contributed by atoms with Crippen LogP contribution in [0.3, 0.4) is 0 Å². The highest BCUT2D eigenvalue weighted by molar-refractivity contribution is 7.90. The molecule has 2 fully saturated rings. The molecule has 0 bridgehead atoms. The number of para-hydroxylation sites is 1. The van der Waals surface area contributed by atoms with Crippen LogP contribution in [0.1, 0.15) is 71.3 Å². The summed E-state index contributed by atoms with van der Waals surface area (Å²) in [4.78, 5) is 15.7. The van der Waals surface area contributed by atoms with E-state index in [9.17, 15) is 31.5 Å². The molecule has 0 atom stereocenters. The number of benzene rings is 2. The number of allylic oxidation sites excluding steroid dienone is 2. The van der Waals surface area contributed by atoms with Crippen molar-refractivity contribution in [3.63, 3.8) is 0 Å². The van der Waals surface area contributed by atoms with Crippen molar-refractivity contribution in [1.29, 1.82) is 0 Å². The van der Waals surface area contributed by atoms with Crippen molar-refractivity contribution < 1.29 is 36.2 Å². The first-order valence-corrected chi connectivity index (χ1v) is 16.0. The number of hydrogen-bond acceptors (Lipinski definition) is 6. The van der Waals surface area contributed by atoms with E-state index < -0.39 is 39.2 Å². The van der Waals surface area contributed by atoms with E-state index >= 15 is 0 Å². The van der Waals surface area contributed by atoms with Gasteiger partial charge in [0.25, 0.3) is 0 Å². The number of rotatable bonds is 11. The summed E-state index contributed by atoms with van der Waals surface area (Å²) in [5, 5.41) is 12.6. The monoisotopic (exact) mass is 642 g/mol. The van der Waals surface area contributed by atoms with Gasteiger partial charge in [-0.05, 0) is 67.9 Å². The number of ether oxygens (including phenoxy) is 1. The topological polar surface area (TPSA) is 114 Å². The first-order valence-electron chi connectivity index (χ1n) is 14.5. The zero-order valence-electron chi connectivity index (χ0n) is 24.6. The number of carboxylic acid groups (broad SMARTS) is 1. The predicted octanol–water partition coefficient (Wildman–Crippen LogP) is 6.34. The van der Waals surface area contributed by atoms with Gasteiger partial charge < -0.3 is 9.84 Å². The number of halogens is 3. The number of carbonyl (C=O) groups is 1. The lowest BCUT2D eigenvalue weighted by molar-refractivity contribution is -0.143. The Morgan fingerprint density at radius 3 is 2.36 bits per heavy atom. The zero-order chi connectivity index (χ0) is 32.4. The van der Waals surface area contributed by atoms with Crippen LogP contribution in [0, 0.1) is 0 Å². The van der Waals surface area contributed by atoms with Crippen molar-refractivity contribution in [3.05, 3.63) is 101 Å². The van der Waals surface area contributed by atoms with Crippen molar-refractivity contribution in [2.24, 2.45) is 4.99 Å². The van der Waals surface area contributed by atoms with E-state index in [1.54, 1.807) is 47.6 Å². The van der Waals surface area contributed by atoms with Gasteiger partial charge in [-0.3, -0.25) is 0 Å². The normalized spacial score (nSPS) is 17.1. The fraction of sp³-hybridized carbons (Fsp3) is 0.344. The van der Waals surface area contributed by atoms with Crippen LogP contribution in [0.5, 0.6) is 5.75 Å². The van der Waals surface area contributed by atoms with Gasteiger partial charge in [0, 0.05) is 18.7 Å². The average Bonchev–Trinajstić information content (AvgIpc) is 3.78. The van der Waals surface area contributed by atoms with Crippen LogP contribution in [0.25, 0.3) is 5.82 Å². The summed E-state index contributed by atoms with van der Waals surface area (Å²) < 4.78 is 74.5. The molecule has 2 aromatic carbocycles. The lowest BCUT2D eigenvalue weighted by Crippen LogP contribution is -2.39. The smallest absolute Gasteiger partial charge is 0.434 e. The molecule has 1 saturated heterocycles. The Kier molecular flexibility index (Phi) is 9.31. The van der Waals surface area contributed by atoms with Gasteiger partial charge in [0.15, 0.2) is 5.69 Å². The van der Waals surface area contributed by atoms with E-state index in [4.69, 9.17) is 4.74 Å². The van der Waals surface area contributed by atoms with E-state index in [0.717, 1.165) is 36.8 Å².